The van der Waals surface area contributed by atoms with Crippen molar-refractivity contribution in [2.75, 3.05) is 13.1 Å². The number of carboxylic acids is 1. The first-order chi connectivity index (χ1) is 7.99. The lowest BCUT2D eigenvalue weighted by atomic mass is 10.0. The number of nitrogens with two attached hydrogens (primary N) is 1. The number of nitrogens with zero attached hydrogens (tertiary/aromatic N) is 2. The van der Waals surface area contributed by atoms with Gasteiger partial charge >= 0.3 is 5.97 Å². The van der Waals surface area contributed by atoms with Crippen molar-refractivity contribution in [3.8, 4) is 0 Å². The van der Waals surface area contributed by atoms with Crippen molar-refractivity contribution in [3.05, 3.63) is 29.0 Å². The van der Waals surface area contributed by atoms with E-state index in [9.17, 15) is 4.79 Å². The van der Waals surface area contributed by atoms with Crippen molar-refractivity contribution < 1.29 is 9.90 Å². The zero-order valence-electron chi connectivity index (χ0n) is 9.27. The fraction of sp³-hybridized carbons (Fsp3) is 0.455. The molecule has 1 saturated heterocycles. The van der Waals surface area contributed by atoms with E-state index in [1.165, 1.54) is 0 Å². The number of pyridine rings is 1. The van der Waals surface area contributed by atoms with Crippen LogP contribution in [0.15, 0.2) is 18.3 Å². The zero-order valence-corrected chi connectivity index (χ0v) is 10.0. The van der Waals surface area contributed by atoms with Crippen molar-refractivity contribution in [1.82, 2.24) is 9.88 Å². The van der Waals surface area contributed by atoms with Crippen molar-refractivity contribution in [2.24, 2.45) is 5.73 Å². The number of aromatic nitrogens is 1. The highest BCUT2D eigenvalue weighted by Crippen LogP contribution is 2.21. The molecule has 1 aliphatic heterocycles. The number of hydrogen-bond donors (Lipinski definition) is 2. The molecule has 6 heteroatoms. The van der Waals surface area contributed by atoms with Gasteiger partial charge in [-0.25, -0.2) is 0 Å². The molecular weight excluding hydrogens is 242 g/mol. The molecule has 92 valence electrons. The maximum atomic E-state index is 11.0. The van der Waals surface area contributed by atoms with E-state index in [1.54, 1.807) is 18.3 Å². The second-order valence-electron chi connectivity index (χ2n) is 4.39. The van der Waals surface area contributed by atoms with Gasteiger partial charge in [-0.2, -0.15) is 0 Å². The third-order valence-electron chi connectivity index (χ3n) is 2.97. The smallest absolute Gasteiger partial charge is 0.325 e. The number of likely N-dealkylation sites (tertiary alicyclic amines) is 1. The fourth-order valence-corrected chi connectivity index (χ4v) is 2.17. The summed E-state index contributed by atoms with van der Waals surface area (Å²) in [5, 5.41) is 9.64. The Hall–Kier alpha value is -1.17. The van der Waals surface area contributed by atoms with Crippen molar-refractivity contribution in [1.29, 1.82) is 0 Å². The van der Waals surface area contributed by atoms with Gasteiger partial charge in [-0.3, -0.25) is 14.7 Å². The molecule has 2 rings (SSSR count). The molecule has 3 N–H and O–H groups in total. The molecule has 2 heterocycles. The lowest BCUT2D eigenvalue weighted by Gasteiger charge is -2.19. The molecule has 1 atom stereocenters. The molecule has 0 aliphatic carbocycles. The van der Waals surface area contributed by atoms with Gasteiger partial charge in [0.15, 0.2) is 0 Å². The molecule has 0 saturated carbocycles. The van der Waals surface area contributed by atoms with Crippen LogP contribution in [0.1, 0.15) is 12.1 Å². The summed E-state index contributed by atoms with van der Waals surface area (Å²) < 4.78 is 0. The van der Waals surface area contributed by atoms with E-state index in [0.717, 1.165) is 5.69 Å². The third-order valence-corrected chi connectivity index (χ3v) is 3.21. The maximum Gasteiger partial charge on any atom is 0.325 e. The summed E-state index contributed by atoms with van der Waals surface area (Å²) in [6.07, 6.45) is 2.10. The SMILES string of the molecule is NC1(C(=O)O)CCN(Cc2cc(Cl)ccn2)C1. The minimum Gasteiger partial charge on any atom is -0.480 e. The molecular formula is C11H14ClN3O2. The Bertz CT molecular complexity index is 440. The second-order valence-corrected chi connectivity index (χ2v) is 4.82. The van der Waals surface area contributed by atoms with E-state index < -0.39 is 11.5 Å². The predicted octanol–water partition coefficient (Wildman–Crippen LogP) is 0.723. The quantitative estimate of drug-likeness (QED) is 0.832. The topological polar surface area (TPSA) is 79.5 Å². The predicted molar refractivity (Wildman–Crippen MR) is 63.7 cm³/mol. The Balaban J connectivity index is 2.01. The van der Waals surface area contributed by atoms with Crippen LogP contribution >= 0.6 is 11.6 Å². The van der Waals surface area contributed by atoms with E-state index in [0.29, 0.717) is 31.1 Å². The summed E-state index contributed by atoms with van der Waals surface area (Å²) >= 11 is 5.86. The highest BCUT2D eigenvalue weighted by atomic mass is 35.5. The average molecular weight is 256 g/mol. The number of aliphatic carboxylic acids is 1. The highest BCUT2D eigenvalue weighted by molar-refractivity contribution is 6.30. The fourth-order valence-electron chi connectivity index (χ4n) is 1.99. The largest absolute Gasteiger partial charge is 0.480 e. The van der Waals surface area contributed by atoms with Gasteiger partial charge in [-0.15, -0.1) is 0 Å². The van der Waals surface area contributed by atoms with Crippen LogP contribution < -0.4 is 5.73 Å². The Morgan fingerprint density at radius 2 is 2.47 bits per heavy atom. The van der Waals surface area contributed by atoms with Crippen molar-refractivity contribution >= 4 is 17.6 Å². The van der Waals surface area contributed by atoms with Crippen LogP contribution in [0.2, 0.25) is 5.02 Å². The first kappa shape index (κ1) is 12.3. The van der Waals surface area contributed by atoms with E-state index in [-0.39, 0.29) is 0 Å². The van der Waals surface area contributed by atoms with Crippen LogP contribution in [0.5, 0.6) is 0 Å². The first-order valence-corrected chi connectivity index (χ1v) is 5.72. The van der Waals surface area contributed by atoms with Crippen LogP contribution in [-0.4, -0.2) is 39.6 Å². The Morgan fingerprint density at radius 1 is 1.71 bits per heavy atom. The summed E-state index contributed by atoms with van der Waals surface area (Å²) in [6.45, 7) is 1.58. The molecule has 0 amide bonds. The Kier molecular flexibility index (Phi) is 3.33. The second kappa shape index (κ2) is 4.60. The lowest BCUT2D eigenvalue weighted by molar-refractivity contribution is -0.142. The van der Waals surface area contributed by atoms with Crippen molar-refractivity contribution in [2.45, 2.75) is 18.5 Å². The molecule has 1 aromatic rings. The molecule has 1 fully saturated rings. The molecule has 17 heavy (non-hydrogen) atoms. The number of hydrogen-bond acceptors (Lipinski definition) is 4. The molecule has 0 radical (unpaired) electrons. The minimum absolute atomic E-state index is 0.344. The summed E-state index contributed by atoms with van der Waals surface area (Å²) in [5.74, 6) is -0.945. The van der Waals surface area contributed by atoms with Gasteiger partial charge in [0.05, 0.1) is 5.69 Å². The molecule has 1 aliphatic rings. The van der Waals surface area contributed by atoms with Gasteiger partial charge < -0.3 is 10.8 Å². The van der Waals surface area contributed by atoms with Gasteiger partial charge in [-0.05, 0) is 18.6 Å². The van der Waals surface area contributed by atoms with Crippen molar-refractivity contribution in [3.63, 3.8) is 0 Å². The average Bonchev–Trinajstić information content (AvgIpc) is 2.61. The first-order valence-electron chi connectivity index (χ1n) is 5.35. The van der Waals surface area contributed by atoms with Crippen LogP contribution in [0.4, 0.5) is 0 Å². The summed E-state index contributed by atoms with van der Waals surface area (Å²) in [5.41, 5.74) is 5.49. The van der Waals surface area contributed by atoms with E-state index in [1.807, 2.05) is 4.90 Å². The number of carbonyl (C=O) groups is 1. The monoisotopic (exact) mass is 255 g/mol. The molecule has 1 unspecified atom stereocenters. The molecule has 0 aromatic carbocycles. The van der Waals surface area contributed by atoms with Gasteiger partial charge in [0.2, 0.25) is 0 Å². The van der Waals surface area contributed by atoms with Gasteiger partial charge in [0, 0.05) is 30.9 Å². The van der Waals surface area contributed by atoms with Crippen LogP contribution in [0.3, 0.4) is 0 Å². The number of carboxylic acid groups (broad SMARTS) is 1. The normalized spacial score (nSPS) is 25.1. The van der Waals surface area contributed by atoms with Crippen LogP contribution in [-0.2, 0) is 11.3 Å². The van der Waals surface area contributed by atoms with Crippen LogP contribution in [0.25, 0.3) is 0 Å². The molecule has 0 spiro atoms. The van der Waals surface area contributed by atoms with Gasteiger partial charge in [-0.1, -0.05) is 11.6 Å². The number of rotatable bonds is 3. The lowest BCUT2D eigenvalue weighted by Crippen LogP contribution is -2.50. The van der Waals surface area contributed by atoms with Crippen LogP contribution in [0, 0.1) is 0 Å². The summed E-state index contributed by atoms with van der Waals surface area (Å²) in [7, 11) is 0. The molecule has 0 bridgehead atoms. The Labute approximate surface area is 104 Å². The van der Waals surface area contributed by atoms with E-state index >= 15 is 0 Å². The zero-order chi connectivity index (χ0) is 12.5. The number of halogens is 1. The van der Waals surface area contributed by atoms with E-state index in [2.05, 4.69) is 4.98 Å². The van der Waals surface area contributed by atoms with E-state index in [4.69, 9.17) is 22.4 Å². The standard InChI is InChI=1S/C11H14ClN3O2/c12-8-1-3-14-9(5-8)6-15-4-2-11(13,7-15)10(16)17/h1,3,5H,2,4,6-7,13H2,(H,16,17). The van der Waals surface area contributed by atoms with Gasteiger partial charge in [0.1, 0.15) is 5.54 Å². The molecule has 5 nitrogen and oxygen atoms in total. The minimum atomic E-state index is -1.13. The Morgan fingerprint density at radius 3 is 3.06 bits per heavy atom. The molecule has 1 aromatic heterocycles. The van der Waals surface area contributed by atoms with Gasteiger partial charge in [0.25, 0.3) is 0 Å². The highest BCUT2D eigenvalue weighted by Gasteiger charge is 2.41. The summed E-state index contributed by atoms with van der Waals surface area (Å²) in [6, 6.07) is 3.48. The maximum absolute atomic E-state index is 11.0. The summed E-state index contributed by atoms with van der Waals surface area (Å²) in [4.78, 5) is 17.1. The third kappa shape index (κ3) is 2.74.